The van der Waals surface area contributed by atoms with Crippen LogP contribution in [0.25, 0.3) is 32.9 Å². The van der Waals surface area contributed by atoms with Crippen LogP contribution in [0.15, 0.2) is 107 Å². The van der Waals surface area contributed by atoms with Crippen molar-refractivity contribution in [3.63, 3.8) is 0 Å². The smallest absolute Gasteiger partial charge is 0.220 e. The summed E-state index contributed by atoms with van der Waals surface area (Å²) in [5, 5.41) is 19.8. The lowest BCUT2D eigenvalue weighted by Gasteiger charge is -2.12. The maximum atomic E-state index is 7.62. The maximum absolute atomic E-state index is 7.62. The van der Waals surface area contributed by atoms with E-state index in [-0.39, 0.29) is 5.84 Å². The fourth-order valence-corrected chi connectivity index (χ4v) is 4.41. The Balaban J connectivity index is 1.67. The molecule has 0 bridgehead atoms. The molecule has 34 heavy (non-hydrogen) atoms. The van der Waals surface area contributed by atoms with Gasteiger partial charge < -0.3 is 5.73 Å². The molecule has 0 unspecified atom stereocenters. The van der Waals surface area contributed by atoms with Gasteiger partial charge in [0.05, 0.1) is 16.5 Å². The summed E-state index contributed by atoms with van der Waals surface area (Å²) in [6.07, 6.45) is 0. The highest BCUT2D eigenvalue weighted by molar-refractivity contribution is 6.13. The molecule has 0 spiro atoms. The second-order valence-electron chi connectivity index (χ2n) is 7.98. The number of hydrogen-bond donors (Lipinski definition) is 3. The van der Waals surface area contributed by atoms with Crippen LogP contribution in [0.5, 0.6) is 0 Å². The number of nitrogens with two attached hydrogens (primary N) is 1. The molecule has 166 valence electrons. The molecule has 4 N–H and O–H groups in total. The molecule has 1 heterocycles. The number of rotatable bonds is 6. The van der Waals surface area contributed by atoms with Crippen molar-refractivity contribution in [3.05, 3.63) is 103 Å². The van der Waals surface area contributed by atoms with Gasteiger partial charge in [-0.15, -0.1) is 5.11 Å². The summed E-state index contributed by atoms with van der Waals surface area (Å²) in [4.78, 5) is 0. The molecule has 0 aliphatic heterocycles. The molecular weight excluding hydrogens is 420 g/mol. The third kappa shape index (κ3) is 3.86. The number of hydrogen-bond acceptors (Lipinski definition) is 3. The topological polar surface area (TPSA) is 90.5 Å². The predicted octanol–water partition coefficient (Wildman–Crippen LogP) is 6.36. The molecule has 0 atom stereocenters. The molecule has 0 saturated heterocycles. The molecule has 0 aliphatic carbocycles. The van der Waals surface area contributed by atoms with Gasteiger partial charge in [-0.25, -0.2) is 0 Å². The summed E-state index contributed by atoms with van der Waals surface area (Å²) >= 11 is 0. The third-order valence-corrected chi connectivity index (χ3v) is 5.91. The molecule has 5 rings (SSSR count). The molecule has 0 aliphatic rings. The molecule has 0 fully saturated rings. The molecule has 6 nitrogen and oxygen atoms in total. The van der Waals surface area contributed by atoms with E-state index in [4.69, 9.17) is 11.1 Å². The van der Waals surface area contributed by atoms with Crippen molar-refractivity contribution < 1.29 is 4.57 Å². The summed E-state index contributed by atoms with van der Waals surface area (Å²) in [7, 11) is 0. The Morgan fingerprint density at radius 1 is 0.882 bits per heavy atom. The molecule has 0 amide bonds. The Labute approximate surface area is 197 Å². The first kappa shape index (κ1) is 21.3. The van der Waals surface area contributed by atoms with Crippen molar-refractivity contribution in [2.75, 3.05) is 5.43 Å². The molecular formula is C28H25N6+. The van der Waals surface area contributed by atoms with Gasteiger partial charge in [-0.05, 0) is 43.3 Å². The first-order valence-corrected chi connectivity index (χ1v) is 11.2. The van der Waals surface area contributed by atoms with Crippen LogP contribution in [0.2, 0.25) is 0 Å². The van der Waals surface area contributed by atoms with E-state index in [0.29, 0.717) is 5.56 Å². The quantitative estimate of drug-likeness (QED) is 0.0708. The molecule has 6 heteroatoms. The highest BCUT2D eigenvalue weighted by Crippen LogP contribution is 2.36. The van der Waals surface area contributed by atoms with Gasteiger partial charge in [0.1, 0.15) is 18.1 Å². The number of amidine groups is 1. The van der Waals surface area contributed by atoms with Crippen LogP contribution in [-0.4, -0.2) is 5.84 Å². The average Bonchev–Trinajstić information content (AvgIpc) is 2.88. The molecule has 0 saturated carbocycles. The standard InChI is InChI=1S/C28H24N6/c1-2-34-25-17-9-16-24(32-33-31-21-13-8-12-20(18-21)28(29)30)26(25)22-14-6-7-15-23(22)27(34)19-10-4-3-5-11-19/h3-18H,2H2,1H3,(H3,29,30)/p+1. The molecule has 4 aromatic carbocycles. The Hall–Kier alpha value is -4.58. The lowest BCUT2D eigenvalue weighted by molar-refractivity contribution is -0.655. The van der Waals surface area contributed by atoms with Gasteiger partial charge >= 0.3 is 0 Å². The Kier molecular flexibility index (Phi) is 5.70. The SMILES string of the molecule is CC[n+]1c(-c2ccccc2)c2ccccc2c2c(N=NNc3cccc(C(=N)N)c3)cccc21. The summed E-state index contributed by atoms with van der Waals surface area (Å²) in [5.74, 6) is 0.0134. The van der Waals surface area contributed by atoms with Gasteiger partial charge in [0.2, 0.25) is 11.2 Å². The lowest BCUT2D eigenvalue weighted by Crippen LogP contribution is -2.36. The van der Waals surface area contributed by atoms with E-state index < -0.39 is 0 Å². The Morgan fingerprint density at radius 3 is 2.38 bits per heavy atom. The fourth-order valence-electron chi connectivity index (χ4n) is 4.41. The summed E-state index contributed by atoms with van der Waals surface area (Å²) < 4.78 is 2.34. The number of benzene rings is 4. The van der Waals surface area contributed by atoms with Crippen molar-refractivity contribution in [3.8, 4) is 11.3 Å². The zero-order valence-electron chi connectivity index (χ0n) is 18.9. The second kappa shape index (κ2) is 9.11. The maximum Gasteiger partial charge on any atom is 0.220 e. The number of nitrogens with zero attached hydrogens (tertiary/aromatic N) is 3. The van der Waals surface area contributed by atoms with Crippen molar-refractivity contribution in [2.24, 2.45) is 16.1 Å². The third-order valence-electron chi connectivity index (χ3n) is 5.91. The van der Waals surface area contributed by atoms with Crippen LogP contribution in [-0.2, 0) is 6.54 Å². The number of nitrogens with one attached hydrogen (secondary N) is 2. The van der Waals surface area contributed by atoms with E-state index in [2.05, 4.69) is 81.9 Å². The average molecular weight is 446 g/mol. The summed E-state index contributed by atoms with van der Waals surface area (Å²) in [5.41, 5.74) is 14.2. The van der Waals surface area contributed by atoms with Crippen molar-refractivity contribution in [2.45, 2.75) is 13.5 Å². The number of anilines is 1. The Bertz CT molecular complexity index is 1540. The molecule has 1 aromatic heterocycles. The van der Waals surface area contributed by atoms with Gasteiger partial charge in [0, 0.05) is 22.6 Å². The van der Waals surface area contributed by atoms with Crippen molar-refractivity contribution in [1.82, 2.24) is 0 Å². The van der Waals surface area contributed by atoms with Crippen LogP contribution >= 0.6 is 0 Å². The van der Waals surface area contributed by atoms with Crippen molar-refractivity contribution >= 4 is 38.9 Å². The number of fused-ring (bicyclic) bond motifs is 3. The zero-order valence-corrected chi connectivity index (χ0v) is 18.9. The highest BCUT2D eigenvalue weighted by atomic mass is 15.4. The van der Waals surface area contributed by atoms with Crippen LogP contribution in [0.1, 0.15) is 12.5 Å². The van der Waals surface area contributed by atoms with Gasteiger partial charge in [0.15, 0.2) is 0 Å². The van der Waals surface area contributed by atoms with E-state index in [9.17, 15) is 0 Å². The number of aryl methyl sites for hydroxylation is 1. The van der Waals surface area contributed by atoms with Crippen LogP contribution < -0.4 is 15.7 Å². The van der Waals surface area contributed by atoms with Crippen LogP contribution in [0, 0.1) is 5.41 Å². The van der Waals surface area contributed by atoms with Gasteiger partial charge in [-0.1, -0.05) is 59.8 Å². The summed E-state index contributed by atoms with van der Waals surface area (Å²) in [6.45, 7) is 2.99. The van der Waals surface area contributed by atoms with Gasteiger partial charge in [-0.3, -0.25) is 10.8 Å². The minimum Gasteiger partial charge on any atom is -0.384 e. The number of nitrogen functional groups attached to an aromatic ring is 1. The molecule has 5 aromatic rings. The lowest BCUT2D eigenvalue weighted by atomic mass is 9.98. The van der Waals surface area contributed by atoms with Gasteiger partial charge in [-0.2, -0.15) is 4.57 Å². The first-order chi connectivity index (χ1) is 16.7. The number of aromatic nitrogens is 1. The fraction of sp³-hybridized carbons (Fsp3) is 0.0714. The Morgan fingerprint density at radius 2 is 1.62 bits per heavy atom. The largest absolute Gasteiger partial charge is 0.384 e. The van der Waals surface area contributed by atoms with E-state index in [1.807, 2.05) is 30.3 Å². The summed E-state index contributed by atoms with van der Waals surface area (Å²) in [6, 6.07) is 32.3. The monoisotopic (exact) mass is 445 g/mol. The van der Waals surface area contributed by atoms with Crippen LogP contribution in [0.3, 0.4) is 0 Å². The minimum absolute atomic E-state index is 0.0134. The normalized spacial score (nSPS) is 11.3. The van der Waals surface area contributed by atoms with E-state index >= 15 is 0 Å². The zero-order chi connectivity index (χ0) is 23.5. The molecule has 0 radical (unpaired) electrons. The van der Waals surface area contributed by atoms with Crippen molar-refractivity contribution in [1.29, 1.82) is 5.41 Å². The van der Waals surface area contributed by atoms with E-state index in [0.717, 1.165) is 34.2 Å². The van der Waals surface area contributed by atoms with E-state index in [1.165, 1.54) is 16.6 Å². The second-order valence-corrected chi connectivity index (χ2v) is 7.98. The number of pyridine rings is 1. The van der Waals surface area contributed by atoms with Crippen LogP contribution in [0.4, 0.5) is 11.4 Å². The van der Waals surface area contributed by atoms with Gasteiger partial charge in [0.25, 0.3) is 0 Å². The highest BCUT2D eigenvalue weighted by Gasteiger charge is 2.23. The first-order valence-electron chi connectivity index (χ1n) is 11.2. The minimum atomic E-state index is 0.0134. The van der Waals surface area contributed by atoms with E-state index in [1.54, 1.807) is 12.1 Å². The predicted molar refractivity (Wildman–Crippen MR) is 138 cm³/mol.